The van der Waals surface area contributed by atoms with Gasteiger partial charge in [0.05, 0.1) is 26.2 Å². The van der Waals surface area contributed by atoms with Crippen LogP contribution in [-0.4, -0.2) is 31.7 Å². The summed E-state index contributed by atoms with van der Waals surface area (Å²) in [5.41, 5.74) is 4.27. The Morgan fingerprint density at radius 3 is 2.37 bits per heavy atom. The molecule has 0 aliphatic rings. The number of rotatable bonds is 8. The molecule has 0 aliphatic heterocycles. The lowest BCUT2D eigenvalue weighted by molar-refractivity contribution is -0.120. The first-order chi connectivity index (χ1) is 13.0. The maximum Gasteiger partial charge on any atom is 0.275 e. The Morgan fingerprint density at radius 2 is 1.70 bits per heavy atom. The third-order valence-electron chi connectivity index (χ3n) is 3.77. The molecule has 2 aromatic carbocycles. The van der Waals surface area contributed by atoms with Gasteiger partial charge in [-0.05, 0) is 36.8 Å². The largest absolute Gasteiger partial charge is 0.497 e. The predicted molar refractivity (Wildman–Crippen MR) is 103 cm³/mol. The summed E-state index contributed by atoms with van der Waals surface area (Å²) in [7, 11) is 3.10. The first-order valence-corrected chi connectivity index (χ1v) is 8.39. The van der Waals surface area contributed by atoms with Crippen LogP contribution in [0.25, 0.3) is 0 Å². The number of ether oxygens (including phenoxy) is 2. The topological polar surface area (TPSA) is 89.0 Å². The van der Waals surface area contributed by atoms with Gasteiger partial charge in [0, 0.05) is 12.3 Å². The average Bonchev–Trinajstić information content (AvgIpc) is 2.70. The van der Waals surface area contributed by atoms with Gasteiger partial charge in [-0.3, -0.25) is 9.59 Å². The van der Waals surface area contributed by atoms with Gasteiger partial charge in [-0.15, -0.1) is 0 Å². The van der Waals surface area contributed by atoms with E-state index >= 15 is 0 Å². The molecular formula is C20H23N3O4. The van der Waals surface area contributed by atoms with Crippen LogP contribution in [0.4, 0.5) is 0 Å². The molecule has 0 spiro atoms. The number of benzene rings is 2. The normalized spacial score (nSPS) is 10.9. The minimum atomic E-state index is -0.398. The number of carbonyl (C=O) groups is 2. The van der Waals surface area contributed by atoms with E-state index in [2.05, 4.69) is 15.8 Å². The first-order valence-electron chi connectivity index (χ1n) is 8.39. The van der Waals surface area contributed by atoms with Crippen LogP contribution in [0.15, 0.2) is 53.6 Å². The van der Waals surface area contributed by atoms with Crippen molar-refractivity contribution in [3.63, 3.8) is 0 Å². The van der Waals surface area contributed by atoms with Crippen molar-refractivity contribution in [1.82, 2.24) is 10.7 Å². The molecule has 0 bridgehead atoms. The number of hydrogen-bond acceptors (Lipinski definition) is 5. The van der Waals surface area contributed by atoms with E-state index < -0.39 is 5.91 Å². The lowest BCUT2D eigenvalue weighted by Crippen LogP contribution is -2.26. The zero-order chi connectivity index (χ0) is 19.6. The Balaban J connectivity index is 1.83. The quantitative estimate of drug-likeness (QED) is 0.553. The van der Waals surface area contributed by atoms with E-state index in [9.17, 15) is 9.59 Å². The van der Waals surface area contributed by atoms with Crippen LogP contribution in [0.3, 0.4) is 0 Å². The molecule has 7 nitrogen and oxygen atoms in total. The molecule has 0 atom stereocenters. The second-order valence-electron chi connectivity index (χ2n) is 5.79. The summed E-state index contributed by atoms with van der Waals surface area (Å²) >= 11 is 0. The first kappa shape index (κ1) is 20.0. The van der Waals surface area contributed by atoms with Gasteiger partial charge in [0.1, 0.15) is 11.5 Å². The smallest absolute Gasteiger partial charge is 0.275 e. The second kappa shape index (κ2) is 9.96. The summed E-state index contributed by atoms with van der Waals surface area (Å²) in [6.45, 7) is 2.08. The average molecular weight is 369 g/mol. The lowest BCUT2D eigenvalue weighted by atomic mass is 10.2. The molecule has 0 radical (unpaired) electrons. The molecule has 0 heterocycles. The summed E-state index contributed by atoms with van der Waals surface area (Å²) in [6.07, 6.45) is 0.0857. The van der Waals surface area contributed by atoms with Crippen molar-refractivity contribution >= 4 is 17.5 Å². The monoisotopic (exact) mass is 369 g/mol. The summed E-state index contributed by atoms with van der Waals surface area (Å²) in [5, 5.41) is 6.79. The Bertz CT molecular complexity index is 816. The minimum Gasteiger partial charge on any atom is -0.497 e. The van der Waals surface area contributed by atoms with Crippen LogP contribution in [-0.2, 0) is 11.3 Å². The zero-order valence-electron chi connectivity index (χ0n) is 15.6. The van der Waals surface area contributed by atoms with Gasteiger partial charge in [-0.25, -0.2) is 5.43 Å². The molecule has 7 heteroatoms. The third-order valence-corrected chi connectivity index (χ3v) is 3.77. The highest BCUT2D eigenvalue weighted by Gasteiger charge is 2.11. The molecule has 2 amide bonds. The molecule has 2 rings (SSSR count). The van der Waals surface area contributed by atoms with Gasteiger partial charge in [-0.1, -0.05) is 24.3 Å². The van der Waals surface area contributed by atoms with E-state index in [1.807, 2.05) is 24.3 Å². The fourth-order valence-electron chi connectivity index (χ4n) is 2.32. The molecule has 0 aromatic heterocycles. The van der Waals surface area contributed by atoms with Crippen molar-refractivity contribution in [2.24, 2.45) is 5.10 Å². The van der Waals surface area contributed by atoms with Crippen LogP contribution in [0, 0.1) is 0 Å². The number of nitrogens with zero attached hydrogens (tertiary/aromatic N) is 1. The molecular weight excluding hydrogens is 346 g/mol. The number of amides is 2. The molecule has 0 unspecified atom stereocenters. The Hall–Kier alpha value is -3.35. The van der Waals surface area contributed by atoms with Crippen LogP contribution in [0.5, 0.6) is 11.5 Å². The van der Waals surface area contributed by atoms with Gasteiger partial charge < -0.3 is 14.8 Å². The molecule has 0 fully saturated rings. The van der Waals surface area contributed by atoms with E-state index in [4.69, 9.17) is 9.47 Å². The van der Waals surface area contributed by atoms with E-state index in [1.165, 1.54) is 7.11 Å². The Morgan fingerprint density at radius 1 is 1.00 bits per heavy atom. The van der Waals surface area contributed by atoms with Crippen molar-refractivity contribution in [1.29, 1.82) is 0 Å². The number of hydrogen-bond donors (Lipinski definition) is 2. The van der Waals surface area contributed by atoms with Crippen molar-refractivity contribution in [3.05, 3.63) is 59.7 Å². The highest BCUT2D eigenvalue weighted by atomic mass is 16.5. The molecule has 142 valence electrons. The van der Waals surface area contributed by atoms with E-state index in [1.54, 1.807) is 38.3 Å². The van der Waals surface area contributed by atoms with Gasteiger partial charge in [0.15, 0.2) is 0 Å². The summed E-state index contributed by atoms with van der Waals surface area (Å²) < 4.78 is 10.2. The number of hydrazone groups is 1. The minimum absolute atomic E-state index is 0.0857. The molecule has 2 aromatic rings. The summed E-state index contributed by atoms with van der Waals surface area (Å²) in [5.74, 6) is 0.642. The van der Waals surface area contributed by atoms with Crippen LogP contribution in [0.1, 0.15) is 29.3 Å². The molecule has 0 saturated heterocycles. The third kappa shape index (κ3) is 6.14. The van der Waals surface area contributed by atoms with Crippen LogP contribution < -0.4 is 20.2 Å². The number of carbonyl (C=O) groups excluding carboxylic acids is 2. The van der Waals surface area contributed by atoms with Crippen molar-refractivity contribution in [2.45, 2.75) is 19.9 Å². The summed E-state index contributed by atoms with van der Waals surface area (Å²) in [4.78, 5) is 24.2. The second-order valence-corrected chi connectivity index (χ2v) is 5.79. The summed E-state index contributed by atoms with van der Waals surface area (Å²) in [6, 6.07) is 14.3. The molecule has 2 N–H and O–H groups in total. The Labute approximate surface area is 158 Å². The fourth-order valence-corrected chi connectivity index (χ4v) is 2.32. The Kier molecular flexibility index (Phi) is 7.37. The fraction of sp³-hybridized carbons (Fsp3) is 0.250. The number of nitrogens with one attached hydrogen (secondary N) is 2. The predicted octanol–water partition coefficient (Wildman–Crippen LogP) is 2.52. The molecule has 27 heavy (non-hydrogen) atoms. The molecule has 0 aliphatic carbocycles. The molecule has 0 saturated carbocycles. The number of para-hydroxylation sites is 1. The van der Waals surface area contributed by atoms with E-state index in [0.29, 0.717) is 23.6 Å². The maximum atomic E-state index is 12.2. The van der Waals surface area contributed by atoms with Gasteiger partial charge in [0.25, 0.3) is 5.91 Å². The van der Waals surface area contributed by atoms with Gasteiger partial charge >= 0.3 is 0 Å². The van der Waals surface area contributed by atoms with E-state index in [-0.39, 0.29) is 12.3 Å². The van der Waals surface area contributed by atoms with Gasteiger partial charge in [-0.2, -0.15) is 5.10 Å². The number of methoxy groups -OCH3 is 2. The maximum absolute atomic E-state index is 12.2. The van der Waals surface area contributed by atoms with Crippen molar-refractivity contribution in [2.75, 3.05) is 14.2 Å². The van der Waals surface area contributed by atoms with Gasteiger partial charge in [0.2, 0.25) is 5.91 Å². The SMILES string of the molecule is COc1ccc(CNC(=O)C/C(C)=N\NC(=O)c2ccccc2OC)cc1. The van der Waals surface area contributed by atoms with E-state index in [0.717, 1.165) is 11.3 Å². The highest BCUT2D eigenvalue weighted by molar-refractivity contribution is 6.01. The highest BCUT2D eigenvalue weighted by Crippen LogP contribution is 2.16. The lowest BCUT2D eigenvalue weighted by Gasteiger charge is -2.08. The van der Waals surface area contributed by atoms with Crippen molar-refractivity contribution in [3.8, 4) is 11.5 Å². The van der Waals surface area contributed by atoms with Crippen molar-refractivity contribution < 1.29 is 19.1 Å². The zero-order valence-corrected chi connectivity index (χ0v) is 15.6. The van der Waals surface area contributed by atoms with Crippen LogP contribution >= 0.6 is 0 Å². The standard InChI is InChI=1S/C20H23N3O4/c1-14(22-23-20(25)17-6-4-5-7-18(17)27-3)12-19(24)21-13-15-8-10-16(26-2)11-9-15/h4-11H,12-13H2,1-3H3,(H,21,24)(H,23,25)/b22-14-. The van der Waals surface area contributed by atoms with Crippen LogP contribution in [0.2, 0.25) is 0 Å².